The number of benzene rings is 1. The van der Waals surface area contributed by atoms with E-state index >= 15 is 0 Å². The Labute approximate surface area is 175 Å². The summed E-state index contributed by atoms with van der Waals surface area (Å²) in [6, 6.07) is 6.32. The molecule has 1 aromatic carbocycles. The van der Waals surface area contributed by atoms with Gasteiger partial charge in [0.05, 0.1) is 6.61 Å². The zero-order valence-electron chi connectivity index (χ0n) is 18.7. The number of rotatable bonds is 12. The molecular formula is C23H37N5O. The maximum absolute atomic E-state index is 5.90. The molecule has 0 atom stereocenters. The van der Waals surface area contributed by atoms with Crippen molar-refractivity contribution in [2.24, 2.45) is 0 Å². The van der Waals surface area contributed by atoms with Gasteiger partial charge in [0, 0.05) is 30.8 Å². The van der Waals surface area contributed by atoms with Gasteiger partial charge < -0.3 is 20.7 Å². The quantitative estimate of drug-likeness (QED) is 0.521. The third-order valence-electron chi connectivity index (χ3n) is 5.00. The molecule has 1 heterocycles. The fourth-order valence-electron chi connectivity index (χ4n) is 3.28. The highest BCUT2D eigenvalue weighted by molar-refractivity contribution is 5.52. The topological polar surface area (TPSA) is 76.3 Å². The summed E-state index contributed by atoms with van der Waals surface area (Å²) in [7, 11) is 4.16. The molecule has 0 saturated heterocycles. The molecule has 0 aliphatic heterocycles. The van der Waals surface area contributed by atoms with Crippen molar-refractivity contribution in [1.29, 1.82) is 0 Å². The van der Waals surface area contributed by atoms with E-state index < -0.39 is 0 Å². The number of nitrogens with zero attached hydrogens (tertiary/aromatic N) is 3. The van der Waals surface area contributed by atoms with E-state index in [1.165, 1.54) is 24.0 Å². The van der Waals surface area contributed by atoms with Gasteiger partial charge in [0.15, 0.2) is 0 Å². The van der Waals surface area contributed by atoms with Crippen molar-refractivity contribution in [3.8, 4) is 5.75 Å². The number of nitrogens with two attached hydrogens (primary N) is 1. The molecule has 29 heavy (non-hydrogen) atoms. The first kappa shape index (κ1) is 22.9. The highest BCUT2D eigenvalue weighted by Gasteiger charge is 2.13. The Kier molecular flexibility index (Phi) is 9.19. The zero-order valence-corrected chi connectivity index (χ0v) is 18.7. The minimum Gasteiger partial charge on any atom is -0.494 e. The first-order chi connectivity index (χ1) is 13.9. The summed E-state index contributed by atoms with van der Waals surface area (Å²) < 4.78 is 5.90. The third-order valence-corrected chi connectivity index (χ3v) is 5.00. The Morgan fingerprint density at radius 2 is 1.90 bits per heavy atom. The molecule has 2 rings (SSSR count). The van der Waals surface area contributed by atoms with Crippen LogP contribution in [0, 0.1) is 13.8 Å². The summed E-state index contributed by atoms with van der Waals surface area (Å²) in [5.41, 5.74) is 10.4. The lowest BCUT2D eigenvalue weighted by Crippen LogP contribution is -2.15. The van der Waals surface area contributed by atoms with Gasteiger partial charge in [0.25, 0.3) is 0 Å². The van der Waals surface area contributed by atoms with Gasteiger partial charge in [-0.1, -0.05) is 25.8 Å². The van der Waals surface area contributed by atoms with Gasteiger partial charge in [-0.15, -0.1) is 0 Å². The highest BCUT2D eigenvalue weighted by Crippen LogP contribution is 2.25. The third kappa shape index (κ3) is 7.54. The molecule has 0 spiro atoms. The van der Waals surface area contributed by atoms with Gasteiger partial charge in [-0.3, -0.25) is 0 Å². The first-order valence-corrected chi connectivity index (χ1v) is 10.6. The van der Waals surface area contributed by atoms with Gasteiger partial charge in [0.1, 0.15) is 11.6 Å². The van der Waals surface area contributed by atoms with Crippen molar-refractivity contribution in [2.75, 3.05) is 44.8 Å². The summed E-state index contributed by atoms with van der Waals surface area (Å²) in [5.74, 6) is 2.10. The van der Waals surface area contributed by atoms with E-state index in [-0.39, 0.29) is 0 Å². The van der Waals surface area contributed by atoms with Gasteiger partial charge in [-0.25, -0.2) is 4.98 Å². The van der Waals surface area contributed by atoms with Gasteiger partial charge in [-0.2, -0.15) is 4.98 Å². The van der Waals surface area contributed by atoms with E-state index in [9.17, 15) is 0 Å². The van der Waals surface area contributed by atoms with Crippen molar-refractivity contribution >= 4 is 11.8 Å². The molecule has 0 aliphatic rings. The van der Waals surface area contributed by atoms with Crippen LogP contribution in [0.5, 0.6) is 5.75 Å². The molecule has 6 heteroatoms. The molecule has 160 valence electrons. The number of aryl methyl sites for hydroxylation is 2. The molecule has 6 nitrogen and oxygen atoms in total. The number of anilines is 2. The zero-order chi connectivity index (χ0) is 21.2. The van der Waals surface area contributed by atoms with Crippen LogP contribution in [0.15, 0.2) is 18.2 Å². The van der Waals surface area contributed by atoms with Crippen LogP contribution in [0.2, 0.25) is 0 Å². The van der Waals surface area contributed by atoms with Gasteiger partial charge in [-0.05, 0) is 64.0 Å². The minimum absolute atomic E-state index is 0.322. The fraction of sp³-hybridized carbons (Fsp3) is 0.565. The molecule has 0 amide bonds. The lowest BCUT2D eigenvalue weighted by molar-refractivity contribution is 0.281. The largest absolute Gasteiger partial charge is 0.494 e. The number of aromatic nitrogens is 2. The van der Waals surface area contributed by atoms with E-state index in [4.69, 9.17) is 10.5 Å². The fourth-order valence-corrected chi connectivity index (χ4v) is 3.28. The highest BCUT2D eigenvalue weighted by atomic mass is 16.5. The van der Waals surface area contributed by atoms with Gasteiger partial charge in [0.2, 0.25) is 5.95 Å². The monoisotopic (exact) mass is 399 g/mol. The summed E-state index contributed by atoms with van der Waals surface area (Å²) in [6.45, 7) is 8.99. The lowest BCUT2D eigenvalue weighted by Gasteiger charge is -2.16. The number of hydrogen-bond donors (Lipinski definition) is 2. The Hall–Kier alpha value is -2.34. The van der Waals surface area contributed by atoms with Crippen LogP contribution < -0.4 is 15.8 Å². The van der Waals surface area contributed by atoms with E-state index in [0.29, 0.717) is 5.95 Å². The lowest BCUT2D eigenvalue weighted by atomic mass is 9.99. The average Bonchev–Trinajstić information content (AvgIpc) is 2.66. The maximum Gasteiger partial charge on any atom is 0.222 e. The van der Waals surface area contributed by atoms with Crippen LogP contribution in [0.3, 0.4) is 0 Å². The molecule has 0 radical (unpaired) electrons. The number of hydrogen-bond acceptors (Lipinski definition) is 6. The summed E-state index contributed by atoms with van der Waals surface area (Å²) >= 11 is 0. The molecule has 0 fully saturated rings. The Bertz CT molecular complexity index is 776. The van der Waals surface area contributed by atoms with Crippen molar-refractivity contribution in [1.82, 2.24) is 14.9 Å². The number of nitrogens with one attached hydrogen (secondary N) is 1. The summed E-state index contributed by atoms with van der Waals surface area (Å²) in [6.07, 6.45) is 5.31. The second-order valence-corrected chi connectivity index (χ2v) is 7.90. The molecule has 1 aromatic heterocycles. The summed E-state index contributed by atoms with van der Waals surface area (Å²) in [5, 5.41) is 3.46. The predicted octanol–water partition coefficient (Wildman–Crippen LogP) is 4.20. The van der Waals surface area contributed by atoms with Crippen LogP contribution in [-0.2, 0) is 6.42 Å². The maximum atomic E-state index is 5.90. The van der Waals surface area contributed by atoms with Crippen LogP contribution >= 0.6 is 0 Å². The van der Waals surface area contributed by atoms with E-state index in [1.54, 1.807) is 0 Å². The number of nitrogen functional groups attached to an aromatic ring is 1. The van der Waals surface area contributed by atoms with Crippen LogP contribution in [-0.4, -0.2) is 48.7 Å². The average molecular weight is 400 g/mol. The number of ether oxygens (including phenoxy) is 1. The van der Waals surface area contributed by atoms with Crippen LogP contribution in [0.1, 0.15) is 55.0 Å². The van der Waals surface area contributed by atoms with E-state index in [1.807, 2.05) is 6.92 Å². The molecule has 0 saturated carbocycles. The Morgan fingerprint density at radius 1 is 1.10 bits per heavy atom. The van der Waals surface area contributed by atoms with Crippen LogP contribution in [0.4, 0.5) is 11.8 Å². The molecular weight excluding hydrogens is 362 g/mol. The van der Waals surface area contributed by atoms with Gasteiger partial charge >= 0.3 is 0 Å². The Balaban J connectivity index is 2.08. The van der Waals surface area contributed by atoms with E-state index in [0.717, 1.165) is 61.8 Å². The van der Waals surface area contributed by atoms with Crippen molar-refractivity contribution in [3.05, 3.63) is 40.6 Å². The second-order valence-electron chi connectivity index (χ2n) is 7.90. The molecule has 0 unspecified atom stereocenters. The molecule has 0 bridgehead atoms. The number of unbranched alkanes of at least 4 members (excludes halogenated alkanes) is 2. The minimum atomic E-state index is 0.322. The van der Waals surface area contributed by atoms with E-state index in [2.05, 4.69) is 66.3 Å². The predicted molar refractivity (Wildman–Crippen MR) is 122 cm³/mol. The Morgan fingerprint density at radius 3 is 2.59 bits per heavy atom. The molecule has 3 N–H and O–H groups in total. The standard InChI is InChI=1S/C23H37N5O/c1-6-7-8-12-25-22-21(18(3)26-23(24)27-22)16-19-10-11-20(15-17(19)2)29-14-9-13-28(4)5/h10-11,15H,6-9,12-14,16H2,1-5H3,(H3,24,25,26,27). The second kappa shape index (κ2) is 11.6. The SMILES string of the molecule is CCCCCNc1nc(N)nc(C)c1Cc1ccc(OCCCN(C)C)cc1C. The first-order valence-electron chi connectivity index (χ1n) is 10.6. The molecule has 0 aliphatic carbocycles. The smallest absolute Gasteiger partial charge is 0.222 e. The summed E-state index contributed by atoms with van der Waals surface area (Å²) in [4.78, 5) is 11.0. The van der Waals surface area contributed by atoms with Crippen molar-refractivity contribution in [3.63, 3.8) is 0 Å². The van der Waals surface area contributed by atoms with Crippen molar-refractivity contribution < 1.29 is 4.74 Å². The normalized spacial score (nSPS) is 11.1. The molecule has 2 aromatic rings. The van der Waals surface area contributed by atoms with Crippen molar-refractivity contribution in [2.45, 2.75) is 52.9 Å². The van der Waals surface area contributed by atoms with Crippen LogP contribution in [0.25, 0.3) is 0 Å².